The van der Waals surface area contributed by atoms with Crippen LogP contribution < -0.4 is 5.73 Å². The van der Waals surface area contributed by atoms with Crippen molar-refractivity contribution in [3.63, 3.8) is 0 Å². The Balaban J connectivity index is 1.77. The number of aryl methyl sites for hydroxylation is 1. The second kappa shape index (κ2) is 5.02. The zero-order valence-corrected chi connectivity index (χ0v) is 11.3. The molecular formula is C16H24N2. The highest BCUT2D eigenvalue weighted by atomic mass is 15.2. The lowest BCUT2D eigenvalue weighted by atomic mass is 10.0. The first-order valence-electron chi connectivity index (χ1n) is 7.28. The fourth-order valence-electron chi connectivity index (χ4n) is 3.90. The molecular weight excluding hydrogens is 220 g/mol. The summed E-state index contributed by atoms with van der Waals surface area (Å²) in [6.07, 6.45) is 4.32. The molecule has 3 atom stereocenters. The van der Waals surface area contributed by atoms with E-state index in [0.29, 0.717) is 6.04 Å². The first-order valence-corrected chi connectivity index (χ1v) is 7.28. The topological polar surface area (TPSA) is 29.3 Å². The van der Waals surface area contributed by atoms with Gasteiger partial charge in [0.2, 0.25) is 0 Å². The van der Waals surface area contributed by atoms with Crippen LogP contribution in [0.3, 0.4) is 0 Å². The zero-order valence-electron chi connectivity index (χ0n) is 11.3. The van der Waals surface area contributed by atoms with Crippen LogP contribution in [0.1, 0.15) is 36.4 Å². The number of nitrogens with zero attached hydrogens (tertiary/aromatic N) is 1. The molecule has 18 heavy (non-hydrogen) atoms. The predicted octanol–water partition coefficient (Wildman–Crippen LogP) is 2.73. The van der Waals surface area contributed by atoms with Gasteiger partial charge in [-0.1, -0.05) is 36.2 Å². The number of rotatable bonds is 3. The standard InChI is InChI=1S/C16H24N2/c1-12-4-2-5-13(8-12)16(9-17)18-10-14-6-3-7-15(14)11-18/h2,4-5,8,14-16H,3,6-7,9-11,17H2,1H3. The Morgan fingerprint density at radius 1 is 1.28 bits per heavy atom. The summed E-state index contributed by atoms with van der Waals surface area (Å²) < 4.78 is 0. The minimum absolute atomic E-state index is 0.426. The summed E-state index contributed by atoms with van der Waals surface area (Å²) in [7, 11) is 0. The maximum Gasteiger partial charge on any atom is 0.0470 e. The maximum atomic E-state index is 6.04. The summed E-state index contributed by atoms with van der Waals surface area (Å²) >= 11 is 0. The molecule has 0 aromatic heterocycles. The molecule has 1 saturated heterocycles. The van der Waals surface area contributed by atoms with Gasteiger partial charge in [-0.15, -0.1) is 0 Å². The highest BCUT2D eigenvalue weighted by Crippen LogP contribution is 2.40. The Morgan fingerprint density at radius 2 is 2.00 bits per heavy atom. The van der Waals surface area contributed by atoms with Gasteiger partial charge in [0.1, 0.15) is 0 Å². The zero-order chi connectivity index (χ0) is 12.5. The van der Waals surface area contributed by atoms with E-state index in [4.69, 9.17) is 5.73 Å². The molecule has 1 aromatic carbocycles. The first kappa shape index (κ1) is 12.2. The van der Waals surface area contributed by atoms with Gasteiger partial charge in [-0.25, -0.2) is 0 Å². The summed E-state index contributed by atoms with van der Waals surface area (Å²) in [6.45, 7) is 5.43. The van der Waals surface area contributed by atoms with E-state index in [1.54, 1.807) is 0 Å². The smallest absolute Gasteiger partial charge is 0.0470 e. The molecule has 0 spiro atoms. The van der Waals surface area contributed by atoms with Crippen molar-refractivity contribution < 1.29 is 0 Å². The van der Waals surface area contributed by atoms with E-state index >= 15 is 0 Å². The molecule has 1 aliphatic carbocycles. The second-order valence-corrected chi connectivity index (χ2v) is 6.07. The van der Waals surface area contributed by atoms with E-state index in [2.05, 4.69) is 36.1 Å². The van der Waals surface area contributed by atoms with Gasteiger partial charge < -0.3 is 5.73 Å². The van der Waals surface area contributed by atoms with Crippen LogP contribution in [0.2, 0.25) is 0 Å². The fraction of sp³-hybridized carbons (Fsp3) is 0.625. The van der Waals surface area contributed by atoms with Gasteiger partial charge >= 0.3 is 0 Å². The first-order chi connectivity index (χ1) is 8.78. The molecule has 98 valence electrons. The monoisotopic (exact) mass is 244 g/mol. The lowest BCUT2D eigenvalue weighted by Crippen LogP contribution is -2.32. The third-order valence-electron chi connectivity index (χ3n) is 4.85. The highest BCUT2D eigenvalue weighted by molar-refractivity contribution is 5.25. The molecule has 2 N–H and O–H groups in total. The Kier molecular flexibility index (Phi) is 3.40. The minimum atomic E-state index is 0.426. The number of benzene rings is 1. The van der Waals surface area contributed by atoms with Crippen LogP contribution in [0.15, 0.2) is 24.3 Å². The van der Waals surface area contributed by atoms with Gasteiger partial charge in [0.25, 0.3) is 0 Å². The molecule has 0 amide bonds. The van der Waals surface area contributed by atoms with Crippen LogP contribution in [0, 0.1) is 18.8 Å². The van der Waals surface area contributed by atoms with Crippen molar-refractivity contribution in [2.75, 3.05) is 19.6 Å². The van der Waals surface area contributed by atoms with Gasteiger partial charge in [0.15, 0.2) is 0 Å². The average Bonchev–Trinajstić information content (AvgIpc) is 2.91. The van der Waals surface area contributed by atoms with Crippen molar-refractivity contribution >= 4 is 0 Å². The summed E-state index contributed by atoms with van der Waals surface area (Å²) in [5.74, 6) is 1.90. The van der Waals surface area contributed by atoms with E-state index in [1.165, 1.54) is 43.5 Å². The second-order valence-electron chi connectivity index (χ2n) is 6.07. The summed E-state index contributed by atoms with van der Waals surface area (Å²) in [5, 5.41) is 0. The van der Waals surface area contributed by atoms with Gasteiger partial charge in [0.05, 0.1) is 0 Å². The van der Waals surface area contributed by atoms with Gasteiger partial charge in [-0.05, 0) is 37.2 Å². The van der Waals surface area contributed by atoms with E-state index in [9.17, 15) is 0 Å². The van der Waals surface area contributed by atoms with Crippen LogP contribution in [-0.2, 0) is 0 Å². The lowest BCUT2D eigenvalue weighted by Gasteiger charge is -2.28. The molecule has 2 fully saturated rings. The molecule has 3 unspecified atom stereocenters. The van der Waals surface area contributed by atoms with Crippen LogP contribution in [-0.4, -0.2) is 24.5 Å². The number of hydrogen-bond donors (Lipinski definition) is 1. The Labute approximate surface area is 110 Å². The van der Waals surface area contributed by atoms with Crippen molar-refractivity contribution in [3.05, 3.63) is 35.4 Å². The molecule has 2 aliphatic rings. The van der Waals surface area contributed by atoms with Gasteiger partial charge in [-0.3, -0.25) is 4.90 Å². The van der Waals surface area contributed by atoms with Crippen LogP contribution >= 0.6 is 0 Å². The normalized spacial score (nSPS) is 29.4. The largest absolute Gasteiger partial charge is 0.329 e. The number of nitrogens with two attached hydrogens (primary N) is 1. The molecule has 2 heteroatoms. The Hall–Kier alpha value is -0.860. The van der Waals surface area contributed by atoms with Crippen molar-refractivity contribution in [3.8, 4) is 0 Å². The van der Waals surface area contributed by atoms with Crippen LogP contribution in [0.4, 0.5) is 0 Å². The Bertz CT molecular complexity index is 403. The van der Waals surface area contributed by atoms with E-state index < -0.39 is 0 Å². The molecule has 1 heterocycles. The van der Waals surface area contributed by atoms with Crippen molar-refractivity contribution in [2.45, 2.75) is 32.2 Å². The number of fused-ring (bicyclic) bond motifs is 1. The van der Waals surface area contributed by atoms with E-state index in [-0.39, 0.29) is 0 Å². The molecule has 2 nitrogen and oxygen atoms in total. The SMILES string of the molecule is Cc1cccc(C(CN)N2CC3CCCC3C2)c1. The van der Waals surface area contributed by atoms with E-state index in [0.717, 1.165) is 18.4 Å². The molecule has 0 radical (unpaired) electrons. The maximum absolute atomic E-state index is 6.04. The fourth-order valence-corrected chi connectivity index (χ4v) is 3.90. The molecule has 1 aliphatic heterocycles. The number of likely N-dealkylation sites (tertiary alicyclic amines) is 1. The van der Waals surface area contributed by atoms with Gasteiger partial charge in [0, 0.05) is 25.7 Å². The highest BCUT2D eigenvalue weighted by Gasteiger charge is 2.38. The van der Waals surface area contributed by atoms with Gasteiger partial charge in [-0.2, -0.15) is 0 Å². The van der Waals surface area contributed by atoms with Crippen molar-refractivity contribution in [2.24, 2.45) is 17.6 Å². The summed E-state index contributed by atoms with van der Waals surface area (Å²) in [4.78, 5) is 2.63. The van der Waals surface area contributed by atoms with E-state index in [1.807, 2.05) is 0 Å². The predicted molar refractivity (Wildman–Crippen MR) is 75.4 cm³/mol. The van der Waals surface area contributed by atoms with Crippen molar-refractivity contribution in [1.82, 2.24) is 4.90 Å². The third-order valence-corrected chi connectivity index (χ3v) is 4.85. The summed E-state index contributed by atoms with van der Waals surface area (Å²) in [5.41, 5.74) is 8.78. The minimum Gasteiger partial charge on any atom is -0.329 e. The average molecular weight is 244 g/mol. The van der Waals surface area contributed by atoms with Crippen LogP contribution in [0.5, 0.6) is 0 Å². The third kappa shape index (κ3) is 2.19. The molecule has 0 bridgehead atoms. The molecule has 1 aromatic rings. The quantitative estimate of drug-likeness (QED) is 0.886. The van der Waals surface area contributed by atoms with Crippen LogP contribution in [0.25, 0.3) is 0 Å². The summed E-state index contributed by atoms with van der Waals surface area (Å²) in [6, 6.07) is 9.28. The number of hydrogen-bond acceptors (Lipinski definition) is 2. The lowest BCUT2D eigenvalue weighted by molar-refractivity contribution is 0.232. The van der Waals surface area contributed by atoms with Crippen molar-refractivity contribution in [1.29, 1.82) is 0 Å². The molecule has 3 rings (SSSR count). The molecule has 1 saturated carbocycles. The Morgan fingerprint density at radius 3 is 2.61 bits per heavy atom.